The molecular weight excluding hydrogens is 370 g/mol. The first-order chi connectivity index (χ1) is 9.13. The summed E-state index contributed by atoms with van der Waals surface area (Å²) in [5, 5.41) is 3.10. The fourth-order valence-electron chi connectivity index (χ4n) is 1.85. The Morgan fingerprint density at radius 3 is 2.63 bits per heavy atom. The van der Waals surface area contributed by atoms with Gasteiger partial charge < -0.3 is 5.32 Å². The number of rotatable bonds is 4. The van der Waals surface area contributed by atoms with Crippen LogP contribution in [0.25, 0.3) is 0 Å². The van der Waals surface area contributed by atoms with Crippen molar-refractivity contribution in [3.63, 3.8) is 0 Å². The molecular formula is C14H15Br2N3. The first kappa shape index (κ1) is 14.5. The molecule has 0 saturated carbocycles. The van der Waals surface area contributed by atoms with Gasteiger partial charge in [-0.15, -0.1) is 0 Å². The minimum absolute atomic E-state index is 0.731. The molecule has 1 heterocycles. The summed E-state index contributed by atoms with van der Waals surface area (Å²) in [7, 11) is 1.87. The summed E-state index contributed by atoms with van der Waals surface area (Å²) in [6.45, 7) is 2.09. The van der Waals surface area contributed by atoms with Gasteiger partial charge in [0, 0.05) is 17.9 Å². The summed E-state index contributed by atoms with van der Waals surface area (Å²) in [6, 6.07) is 8.22. The summed E-state index contributed by atoms with van der Waals surface area (Å²) >= 11 is 7.02. The highest BCUT2D eigenvalue weighted by Crippen LogP contribution is 2.24. The molecule has 5 heteroatoms. The third-order valence-corrected chi connectivity index (χ3v) is 4.12. The maximum Gasteiger partial charge on any atom is 0.144 e. The summed E-state index contributed by atoms with van der Waals surface area (Å²) in [6.07, 6.45) is 1.61. The SMILES string of the molecule is CCc1nc(Cc2cccc(Br)c2)nc(NC)c1Br. The molecule has 100 valence electrons. The van der Waals surface area contributed by atoms with Crippen LogP contribution in [-0.4, -0.2) is 17.0 Å². The summed E-state index contributed by atoms with van der Waals surface area (Å²) < 4.78 is 2.03. The van der Waals surface area contributed by atoms with Gasteiger partial charge in [-0.2, -0.15) is 0 Å². The standard InChI is InChI=1S/C14H15Br2N3/c1-3-11-13(16)14(17-2)19-12(18-11)8-9-5-4-6-10(15)7-9/h4-7H,3,8H2,1-2H3,(H,17,18,19). The zero-order chi connectivity index (χ0) is 13.8. The van der Waals surface area contributed by atoms with Crippen molar-refractivity contribution in [2.24, 2.45) is 0 Å². The molecule has 0 spiro atoms. The van der Waals surface area contributed by atoms with E-state index >= 15 is 0 Å². The quantitative estimate of drug-likeness (QED) is 0.858. The number of nitrogens with zero attached hydrogens (tertiary/aromatic N) is 2. The molecule has 0 aliphatic rings. The lowest BCUT2D eigenvalue weighted by Crippen LogP contribution is -2.06. The molecule has 0 radical (unpaired) electrons. The van der Waals surface area contributed by atoms with E-state index in [0.29, 0.717) is 0 Å². The molecule has 19 heavy (non-hydrogen) atoms. The average Bonchev–Trinajstić information content (AvgIpc) is 2.40. The van der Waals surface area contributed by atoms with Gasteiger partial charge in [0.15, 0.2) is 0 Å². The molecule has 0 unspecified atom stereocenters. The Balaban J connectivity index is 2.35. The minimum atomic E-state index is 0.731. The van der Waals surface area contributed by atoms with Crippen molar-refractivity contribution in [2.75, 3.05) is 12.4 Å². The van der Waals surface area contributed by atoms with Gasteiger partial charge in [0.25, 0.3) is 0 Å². The van der Waals surface area contributed by atoms with Crippen LogP contribution >= 0.6 is 31.9 Å². The van der Waals surface area contributed by atoms with Crippen molar-refractivity contribution in [1.82, 2.24) is 9.97 Å². The van der Waals surface area contributed by atoms with Gasteiger partial charge >= 0.3 is 0 Å². The van der Waals surface area contributed by atoms with Gasteiger partial charge in [-0.05, 0) is 40.0 Å². The Labute approximate surface area is 130 Å². The highest BCUT2D eigenvalue weighted by molar-refractivity contribution is 9.11. The Morgan fingerprint density at radius 2 is 2.00 bits per heavy atom. The van der Waals surface area contributed by atoms with E-state index < -0.39 is 0 Å². The van der Waals surface area contributed by atoms with Crippen LogP contribution in [0.4, 0.5) is 5.82 Å². The molecule has 0 aliphatic carbocycles. The second-order valence-electron chi connectivity index (χ2n) is 4.16. The van der Waals surface area contributed by atoms with Crippen molar-refractivity contribution in [2.45, 2.75) is 19.8 Å². The molecule has 0 saturated heterocycles. The Bertz CT molecular complexity index is 560. The number of aromatic nitrogens is 2. The Hall–Kier alpha value is -0.940. The van der Waals surface area contributed by atoms with E-state index in [1.54, 1.807) is 0 Å². The van der Waals surface area contributed by atoms with Crippen LogP contribution in [0, 0.1) is 0 Å². The van der Waals surface area contributed by atoms with Crippen molar-refractivity contribution < 1.29 is 0 Å². The van der Waals surface area contributed by atoms with Gasteiger partial charge in [0.2, 0.25) is 0 Å². The fraction of sp³-hybridized carbons (Fsp3) is 0.286. The molecule has 1 aromatic heterocycles. The van der Waals surface area contributed by atoms with Crippen molar-refractivity contribution in [3.05, 3.63) is 50.3 Å². The normalized spacial score (nSPS) is 10.5. The van der Waals surface area contributed by atoms with E-state index in [1.165, 1.54) is 5.56 Å². The molecule has 0 atom stereocenters. The number of hydrogen-bond acceptors (Lipinski definition) is 3. The van der Waals surface area contributed by atoms with E-state index in [4.69, 9.17) is 0 Å². The highest BCUT2D eigenvalue weighted by atomic mass is 79.9. The van der Waals surface area contributed by atoms with E-state index in [9.17, 15) is 0 Å². The van der Waals surface area contributed by atoms with Crippen LogP contribution in [0.5, 0.6) is 0 Å². The van der Waals surface area contributed by atoms with Crippen LogP contribution in [0.2, 0.25) is 0 Å². The van der Waals surface area contributed by atoms with E-state index in [0.717, 1.165) is 39.1 Å². The fourth-order valence-corrected chi connectivity index (χ4v) is 2.96. The maximum atomic E-state index is 4.61. The van der Waals surface area contributed by atoms with Crippen LogP contribution in [0.15, 0.2) is 33.2 Å². The molecule has 0 amide bonds. The van der Waals surface area contributed by atoms with Crippen LogP contribution in [-0.2, 0) is 12.8 Å². The third kappa shape index (κ3) is 3.54. The number of nitrogens with one attached hydrogen (secondary N) is 1. The van der Waals surface area contributed by atoms with E-state index in [-0.39, 0.29) is 0 Å². The highest BCUT2D eigenvalue weighted by Gasteiger charge is 2.10. The zero-order valence-electron chi connectivity index (χ0n) is 10.9. The predicted molar refractivity (Wildman–Crippen MR) is 85.6 cm³/mol. The van der Waals surface area contributed by atoms with Crippen molar-refractivity contribution >= 4 is 37.7 Å². The number of aryl methyl sites for hydroxylation is 1. The molecule has 1 N–H and O–H groups in total. The molecule has 2 rings (SSSR count). The van der Waals surface area contributed by atoms with E-state index in [1.807, 2.05) is 19.2 Å². The first-order valence-corrected chi connectivity index (χ1v) is 7.70. The predicted octanol–water partition coefficient (Wildman–Crippen LogP) is 4.20. The first-order valence-electron chi connectivity index (χ1n) is 6.11. The summed E-state index contributed by atoms with van der Waals surface area (Å²) in [5.41, 5.74) is 2.23. The van der Waals surface area contributed by atoms with Gasteiger partial charge in [-0.3, -0.25) is 0 Å². The topological polar surface area (TPSA) is 37.8 Å². The number of anilines is 1. The second kappa shape index (κ2) is 6.48. The van der Waals surface area contributed by atoms with Crippen LogP contribution < -0.4 is 5.32 Å². The van der Waals surface area contributed by atoms with E-state index in [2.05, 4.69) is 66.2 Å². The second-order valence-corrected chi connectivity index (χ2v) is 5.87. The molecule has 3 nitrogen and oxygen atoms in total. The number of benzene rings is 1. The maximum absolute atomic E-state index is 4.61. The van der Waals surface area contributed by atoms with Gasteiger partial charge in [0.1, 0.15) is 11.6 Å². The molecule has 1 aromatic carbocycles. The molecule has 0 fully saturated rings. The van der Waals surface area contributed by atoms with Gasteiger partial charge in [-0.25, -0.2) is 9.97 Å². The van der Waals surface area contributed by atoms with Gasteiger partial charge in [-0.1, -0.05) is 35.0 Å². The van der Waals surface area contributed by atoms with Crippen LogP contribution in [0.1, 0.15) is 24.0 Å². The minimum Gasteiger partial charge on any atom is -0.372 e. The lowest BCUT2D eigenvalue weighted by atomic mass is 10.1. The summed E-state index contributed by atoms with van der Waals surface area (Å²) in [4.78, 5) is 9.15. The smallest absolute Gasteiger partial charge is 0.144 e. The van der Waals surface area contributed by atoms with Gasteiger partial charge in [0.05, 0.1) is 10.2 Å². The molecule has 2 aromatic rings. The van der Waals surface area contributed by atoms with Crippen molar-refractivity contribution in [3.8, 4) is 0 Å². The third-order valence-electron chi connectivity index (χ3n) is 2.79. The molecule has 0 bridgehead atoms. The lowest BCUT2D eigenvalue weighted by molar-refractivity contribution is 0.898. The molecule has 0 aliphatic heterocycles. The van der Waals surface area contributed by atoms with Crippen molar-refractivity contribution in [1.29, 1.82) is 0 Å². The van der Waals surface area contributed by atoms with Crippen LogP contribution in [0.3, 0.4) is 0 Å². The number of halogens is 2. The Kier molecular flexibility index (Phi) is 4.93. The Morgan fingerprint density at radius 1 is 1.21 bits per heavy atom. The summed E-state index contributed by atoms with van der Waals surface area (Å²) in [5.74, 6) is 1.68. The number of hydrogen-bond donors (Lipinski definition) is 1. The largest absolute Gasteiger partial charge is 0.372 e. The monoisotopic (exact) mass is 383 g/mol. The lowest BCUT2D eigenvalue weighted by Gasteiger charge is -2.10. The average molecular weight is 385 g/mol. The zero-order valence-corrected chi connectivity index (χ0v) is 14.0.